The molecule has 3 amide bonds. The van der Waals surface area contributed by atoms with Gasteiger partial charge in [-0.15, -0.1) is 0 Å². The Morgan fingerprint density at radius 3 is 2.30 bits per heavy atom. The van der Waals surface area contributed by atoms with E-state index in [9.17, 15) is 14.4 Å². The zero-order valence-electron chi connectivity index (χ0n) is 21.5. The molecule has 1 N–H and O–H groups in total. The summed E-state index contributed by atoms with van der Waals surface area (Å²) in [6, 6.07) is 13.7. The van der Waals surface area contributed by atoms with Crippen LogP contribution in [-0.2, 0) is 20.9 Å². The van der Waals surface area contributed by atoms with Crippen molar-refractivity contribution < 1.29 is 28.2 Å². The number of amides is 3. The van der Waals surface area contributed by atoms with Crippen LogP contribution in [-0.4, -0.2) is 54.8 Å². The molecule has 0 unspecified atom stereocenters. The van der Waals surface area contributed by atoms with Crippen molar-refractivity contribution in [3.8, 4) is 0 Å². The quantitative estimate of drug-likeness (QED) is 0.619. The van der Waals surface area contributed by atoms with Crippen molar-refractivity contribution in [2.75, 3.05) is 31.1 Å². The fraction of sp³-hybridized carbons (Fsp3) is 0.464. The molecule has 9 heteroatoms. The van der Waals surface area contributed by atoms with Gasteiger partial charge in [-0.05, 0) is 62.8 Å². The number of imide groups is 1. The summed E-state index contributed by atoms with van der Waals surface area (Å²) in [6.07, 6.45) is 0.0698. The van der Waals surface area contributed by atoms with Gasteiger partial charge in [0.25, 0.3) is 0 Å². The van der Waals surface area contributed by atoms with Crippen molar-refractivity contribution >= 4 is 23.8 Å². The number of carbonyl (C=O) groups excluding carboxylic acids is 3. The molecule has 2 saturated heterocycles. The zero-order valence-corrected chi connectivity index (χ0v) is 21.5. The number of carbonyl (C=O) groups is 3. The molecule has 0 spiro atoms. The van der Waals surface area contributed by atoms with E-state index >= 15 is 4.39 Å². The maximum absolute atomic E-state index is 15.4. The third kappa shape index (κ3) is 6.65. The number of rotatable bonds is 5. The lowest BCUT2D eigenvalue weighted by atomic mass is 9.89. The van der Waals surface area contributed by atoms with Gasteiger partial charge in [-0.1, -0.05) is 36.4 Å². The summed E-state index contributed by atoms with van der Waals surface area (Å²) >= 11 is 0. The molecule has 2 heterocycles. The number of halogens is 1. The Hall–Kier alpha value is -3.46. The van der Waals surface area contributed by atoms with E-state index in [2.05, 4.69) is 5.32 Å². The maximum atomic E-state index is 15.4. The van der Waals surface area contributed by atoms with Crippen LogP contribution in [0.5, 0.6) is 0 Å². The maximum Gasteiger partial charge on any atom is 0.421 e. The highest BCUT2D eigenvalue weighted by atomic mass is 19.1. The molecule has 0 bridgehead atoms. The summed E-state index contributed by atoms with van der Waals surface area (Å²) in [6.45, 7) is 7.33. The standard InChI is InChI=1S/C28H34FN3O5/c1-28(2,3)37-26(34)31-13-11-20(12-14-31)21-9-10-24(23(29)15-21)32(25(33)22-16-30-17-22)27(35)36-18-19-7-5-4-6-8-19/h4-10,15,20,22,30H,11-14,16-18H2,1-3H3. The third-order valence-electron chi connectivity index (χ3n) is 6.57. The molecule has 8 nitrogen and oxygen atoms in total. The van der Waals surface area contributed by atoms with Gasteiger partial charge in [-0.3, -0.25) is 4.79 Å². The highest BCUT2D eigenvalue weighted by Gasteiger charge is 2.36. The Morgan fingerprint density at radius 1 is 1.05 bits per heavy atom. The lowest BCUT2D eigenvalue weighted by molar-refractivity contribution is -0.123. The number of likely N-dealkylation sites (tertiary alicyclic amines) is 1. The van der Waals surface area contributed by atoms with E-state index in [4.69, 9.17) is 9.47 Å². The third-order valence-corrected chi connectivity index (χ3v) is 6.57. The van der Waals surface area contributed by atoms with Crippen LogP contribution in [0.4, 0.5) is 19.7 Å². The molecule has 37 heavy (non-hydrogen) atoms. The number of nitrogens with zero attached hydrogens (tertiary/aromatic N) is 2. The monoisotopic (exact) mass is 511 g/mol. The van der Waals surface area contributed by atoms with Gasteiger partial charge in [0.05, 0.1) is 11.6 Å². The fourth-order valence-corrected chi connectivity index (χ4v) is 4.42. The van der Waals surface area contributed by atoms with Crippen LogP contribution in [0.3, 0.4) is 0 Å². The number of anilines is 1. The molecule has 0 aliphatic carbocycles. The summed E-state index contributed by atoms with van der Waals surface area (Å²) in [4.78, 5) is 40.9. The lowest BCUT2D eigenvalue weighted by Gasteiger charge is -2.34. The molecular formula is C28H34FN3O5. The minimum atomic E-state index is -0.905. The van der Waals surface area contributed by atoms with Gasteiger partial charge in [0, 0.05) is 26.2 Å². The van der Waals surface area contributed by atoms with Crippen LogP contribution < -0.4 is 10.2 Å². The predicted octanol–water partition coefficient (Wildman–Crippen LogP) is 4.83. The first-order chi connectivity index (χ1) is 17.6. The Labute approximate surface area is 216 Å². The summed E-state index contributed by atoms with van der Waals surface area (Å²) in [5, 5.41) is 3.01. The van der Waals surface area contributed by atoms with E-state index in [-0.39, 0.29) is 24.3 Å². The molecule has 2 aliphatic rings. The van der Waals surface area contributed by atoms with E-state index in [0.29, 0.717) is 39.0 Å². The van der Waals surface area contributed by atoms with Gasteiger partial charge in [0.2, 0.25) is 5.91 Å². The number of piperidine rings is 1. The first-order valence-electron chi connectivity index (χ1n) is 12.6. The van der Waals surface area contributed by atoms with Crippen LogP contribution in [0.15, 0.2) is 48.5 Å². The minimum absolute atomic E-state index is 0.0255. The first-order valence-corrected chi connectivity index (χ1v) is 12.6. The predicted molar refractivity (Wildman–Crippen MR) is 137 cm³/mol. The lowest BCUT2D eigenvalue weighted by Crippen LogP contribution is -2.54. The van der Waals surface area contributed by atoms with Gasteiger partial charge in [0.15, 0.2) is 0 Å². The molecule has 0 aromatic heterocycles. The fourth-order valence-electron chi connectivity index (χ4n) is 4.42. The topological polar surface area (TPSA) is 88.2 Å². The van der Waals surface area contributed by atoms with E-state index in [1.165, 1.54) is 12.1 Å². The highest BCUT2D eigenvalue weighted by molar-refractivity contribution is 6.13. The van der Waals surface area contributed by atoms with E-state index in [1.54, 1.807) is 23.1 Å². The number of benzene rings is 2. The zero-order chi connectivity index (χ0) is 26.6. The van der Waals surface area contributed by atoms with Crippen molar-refractivity contribution in [3.63, 3.8) is 0 Å². The summed E-state index contributed by atoms with van der Waals surface area (Å²) < 4.78 is 26.2. The first kappa shape index (κ1) is 26.6. The number of hydrogen-bond donors (Lipinski definition) is 1. The van der Waals surface area contributed by atoms with Gasteiger partial charge in [-0.2, -0.15) is 0 Å². The molecule has 0 saturated carbocycles. The number of ether oxygens (including phenoxy) is 2. The van der Waals surface area contributed by atoms with Crippen molar-refractivity contribution in [1.82, 2.24) is 10.2 Å². The largest absolute Gasteiger partial charge is 0.444 e. The molecular weight excluding hydrogens is 477 g/mol. The summed E-state index contributed by atoms with van der Waals surface area (Å²) in [5.74, 6) is -1.52. The second-order valence-electron chi connectivity index (χ2n) is 10.5. The molecule has 2 aliphatic heterocycles. The summed E-state index contributed by atoms with van der Waals surface area (Å²) in [5.41, 5.74) is 0.848. The second kappa shape index (κ2) is 11.3. The van der Waals surface area contributed by atoms with Crippen molar-refractivity contribution in [2.24, 2.45) is 5.92 Å². The van der Waals surface area contributed by atoms with E-state index in [1.807, 2.05) is 39.0 Å². The smallest absolute Gasteiger partial charge is 0.421 e. The molecule has 2 fully saturated rings. The molecule has 2 aromatic rings. The molecule has 198 valence electrons. The van der Waals surface area contributed by atoms with Crippen molar-refractivity contribution in [2.45, 2.75) is 51.7 Å². The van der Waals surface area contributed by atoms with Crippen LogP contribution in [0.25, 0.3) is 0 Å². The number of nitrogens with one attached hydrogen (secondary N) is 1. The van der Waals surface area contributed by atoms with E-state index in [0.717, 1.165) is 16.0 Å². The Kier molecular flexibility index (Phi) is 8.12. The minimum Gasteiger partial charge on any atom is -0.444 e. The second-order valence-corrected chi connectivity index (χ2v) is 10.5. The molecule has 0 radical (unpaired) electrons. The van der Waals surface area contributed by atoms with Gasteiger partial charge < -0.3 is 19.7 Å². The van der Waals surface area contributed by atoms with Crippen LogP contribution in [0.2, 0.25) is 0 Å². The van der Waals surface area contributed by atoms with Crippen LogP contribution in [0.1, 0.15) is 50.7 Å². The average molecular weight is 512 g/mol. The van der Waals surface area contributed by atoms with Crippen molar-refractivity contribution in [3.05, 3.63) is 65.5 Å². The SMILES string of the molecule is CC(C)(C)OC(=O)N1CCC(c2ccc(N(C(=O)OCc3ccccc3)C(=O)C3CNC3)c(F)c2)CC1. The molecule has 4 rings (SSSR count). The van der Waals surface area contributed by atoms with Crippen LogP contribution in [0, 0.1) is 11.7 Å². The van der Waals surface area contributed by atoms with Crippen LogP contribution >= 0.6 is 0 Å². The molecule has 0 atom stereocenters. The average Bonchev–Trinajstić information content (AvgIpc) is 2.82. The highest BCUT2D eigenvalue weighted by Crippen LogP contribution is 2.32. The van der Waals surface area contributed by atoms with E-state index < -0.39 is 29.3 Å². The van der Waals surface area contributed by atoms with Gasteiger partial charge in [0.1, 0.15) is 18.0 Å². The Balaban J connectivity index is 1.45. The molecule has 2 aromatic carbocycles. The van der Waals surface area contributed by atoms with Crippen molar-refractivity contribution in [1.29, 1.82) is 0 Å². The Morgan fingerprint density at radius 2 is 1.73 bits per heavy atom. The number of hydrogen-bond acceptors (Lipinski definition) is 6. The Bertz CT molecular complexity index is 1120. The summed E-state index contributed by atoms with van der Waals surface area (Å²) in [7, 11) is 0. The van der Waals surface area contributed by atoms with Gasteiger partial charge >= 0.3 is 12.2 Å². The normalized spacial score (nSPS) is 16.6. The van der Waals surface area contributed by atoms with Gasteiger partial charge in [-0.25, -0.2) is 18.9 Å².